The highest BCUT2D eigenvalue weighted by Crippen LogP contribution is 2.29. The van der Waals surface area contributed by atoms with Crippen molar-refractivity contribution in [3.63, 3.8) is 0 Å². The van der Waals surface area contributed by atoms with Gasteiger partial charge in [0.05, 0.1) is 18.3 Å². The molecule has 0 saturated carbocycles. The van der Waals surface area contributed by atoms with Gasteiger partial charge >= 0.3 is 0 Å². The lowest BCUT2D eigenvalue weighted by Gasteiger charge is -2.12. The van der Waals surface area contributed by atoms with Crippen LogP contribution >= 0.6 is 11.3 Å². The number of halogens is 1. The lowest BCUT2D eigenvalue weighted by Crippen LogP contribution is -2.13. The van der Waals surface area contributed by atoms with E-state index >= 15 is 0 Å². The topological polar surface area (TPSA) is 60.5 Å². The molecule has 1 N–H and O–H groups in total. The van der Waals surface area contributed by atoms with Gasteiger partial charge in [-0.2, -0.15) is 0 Å². The van der Waals surface area contributed by atoms with Crippen LogP contribution in [0.4, 0.5) is 10.1 Å². The van der Waals surface area contributed by atoms with Gasteiger partial charge in [-0.15, -0.1) is 11.3 Å². The van der Waals surface area contributed by atoms with Crippen molar-refractivity contribution in [2.24, 2.45) is 0 Å². The Kier molecular flexibility index (Phi) is 5.48. The van der Waals surface area contributed by atoms with Crippen LogP contribution in [0.25, 0.3) is 0 Å². The van der Waals surface area contributed by atoms with Crippen LogP contribution < -0.4 is 14.8 Å². The molecule has 0 spiro atoms. The van der Waals surface area contributed by atoms with E-state index in [9.17, 15) is 9.18 Å². The highest BCUT2D eigenvalue weighted by molar-refractivity contribution is 7.07. The lowest BCUT2D eigenvalue weighted by molar-refractivity contribution is 0.102. The Morgan fingerprint density at radius 1 is 1.23 bits per heavy atom. The molecule has 1 aromatic heterocycles. The van der Waals surface area contributed by atoms with E-state index in [-0.39, 0.29) is 5.91 Å². The van der Waals surface area contributed by atoms with Crippen LogP contribution in [0, 0.1) is 12.7 Å². The number of carbonyl (C=O) groups excluding carboxylic acids is 1. The van der Waals surface area contributed by atoms with E-state index in [4.69, 9.17) is 9.47 Å². The van der Waals surface area contributed by atoms with Crippen LogP contribution in [0.5, 0.6) is 11.5 Å². The minimum absolute atomic E-state index is 0.313. The van der Waals surface area contributed by atoms with Crippen LogP contribution in [0.1, 0.15) is 21.6 Å². The van der Waals surface area contributed by atoms with Gasteiger partial charge in [-0.3, -0.25) is 4.79 Å². The smallest absolute Gasteiger partial charge is 0.255 e. The van der Waals surface area contributed by atoms with Crippen molar-refractivity contribution in [3.05, 3.63) is 69.9 Å². The Labute approximate surface area is 154 Å². The average molecular weight is 372 g/mol. The highest BCUT2D eigenvalue weighted by atomic mass is 32.1. The summed E-state index contributed by atoms with van der Waals surface area (Å²) in [6, 6.07) is 9.13. The molecule has 0 aliphatic carbocycles. The third kappa shape index (κ3) is 4.18. The second kappa shape index (κ2) is 7.97. The van der Waals surface area contributed by atoms with Crippen molar-refractivity contribution in [1.29, 1.82) is 0 Å². The normalized spacial score (nSPS) is 10.4. The molecule has 3 rings (SSSR count). The number of ether oxygens (including phenoxy) is 2. The van der Waals surface area contributed by atoms with Crippen molar-refractivity contribution < 1.29 is 18.7 Å². The standard InChI is InChI=1S/C19H17FN2O3S/c1-12-3-5-14(20)8-16(12)22-19(23)13-4-6-17(18(7-13)24-2)25-9-15-10-26-11-21-15/h3-8,10-11H,9H2,1-2H3,(H,22,23). The Morgan fingerprint density at radius 2 is 2.08 bits per heavy atom. The van der Waals surface area contributed by atoms with Gasteiger partial charge in [-0.1, -0.05) is 6.07 Å². The third-order valence-electron chi connectivity index (χ3n) is 3.73. The largest absolute Gasteiger partial charge is 0.493 e. The maximum atomic E-state index is 13.4. The zero-order chi connectivity index (χ0) is 18.5. The molecule has 0 aliphatic rings. The second-order valence-electron chi connectivity index (χ2n) is 5.55. The van der Waals surface area contributed by atoms with Crippen molar-refractivity contribution in [3.8, 4) is 11.5 Å². The summed E-state index contributed by atoms with van der Waals surface area (Å²) in [5.41, 5.74) is 4.14. The van der Waals surface area contributed by atoms with Crippen LogP contribution in [-0.4, -0.2) is 18.0 Å². The van der Waals surface area contributed by atoms with Crippen molar-refractivity contribution in [2.45, 2.75) is 13.5 Å². The monoisotopic (exact) mass is 372 g/mol. The zero-order valence-corrected chi connectivity index (χ0v) is 15.1. The number of amides is 1. The molecule has 134 valence electrons. The average Bonchev–Trinajstić information content (AvgIpc) is 3.16. The Morgan fingerprint density at radius 3 is 2.81 bits per heavy atom. The summed E-state index contributed by atoms with van der Waals surface area (Å²) >= 11 is 1.49. The molecular weight excluding hydrogens is 355 g/mol. The lowest BCUT2D eigenvalue weighted by atomic mass is 10.1. The molecule has 3 aromatic rings. The van der Waals surface area contributed by atoms with Gasteiger partial charge < -0.3 is 14.8 Å². The molecular formula is C19H17FN2O3S. The Bertz CT molecular complexity index is 913. The van der Waals surface area contributed by atoms with E-state index in [2.05, 4.69) is 10.3 Å². The summed E-state index contributed by atoms with van der Waals surface area (Å²) in [6.07, 6.45) is 0. The molecule has 5 nitrogen and oxygen atoms in total. The number of aromatic nitrogens is 1. The summed E-state index contributed by atoms with van der Waals surface area (Å²) in [5, 5.41) is 4.61. The Hall–Kier alpha value is -2.93. The zero-order valence-electron chi connectivity index (χ0n) is 14.3. The number of aryl methyl sites for hydroxylation is 1. The molecule has 2 aromatic carbocycles. The van der Waals surface area contributed by atoms with E-state index in [1.165, 1.54) is 30.6 Å². The first kappa shape index (κ1) is 17.9. The van der Waals surface area contributed by atoms with Crippen LogP contribution in [0.3, 0.4) is 0 Å². The molecule has 1 amide bonds. The molecule has 0 saturated heterocycles. The predicted molar refractivity (Wildman–Crippen MR) is 98.5 cm³/mol. The molecule has 0 atom stereocenters. The number of methoxy groups -OCH3 is 1. The van der Waals surface area contributed by atoms with Crippen molar-refractivity contribution in [2.75, 3.05) is 12.4 Å². The van der Waals surface area contributed by atoms with Crippen molar-refractivity contribution >= 4 is 22.9 Å². The van der Waals surface area contributed by atoms with Crippen molar-refractivity contribution in [1.82, 2.24) is 4.98 Å². The first-order chi connectivity index (χ1) is 12.6. The maximum Gasteiger partial charge on any atom is 0.255 e. The number of anilines is 1. The molecule has 0 unspecified atom stereocenters. The molecule has 0 bridgehead atoms. The SMILES string of the molecule is COc1cc(C(=O)Nc2cc(F)ccc2C)ccc1OCc1cscn1. The minimum Gasteiger partial charge on any atom is -0.493 e. The number of nitrogens with one attached hydrogen (secondary N) is 1. The van der Waals surface area contributed by atoms with Crippen LogP contribution in [-0.2, 0) is 6.61 Å². The minimum atomic E-state index is -0.408. The number of thiazole rings is 1. The number of carbonyl (C=O) groups is 1. The van der Waals surface area contributed by atoms with Gasteiger partial charge in [0.25, 0.3) is 5.91 Å². The molecule has 0 fully saturated rings. The third-order valence-corrected chi connectivity index (χ3v) is 4.37. The van der Waals surface area contributed by atoms with E-state index in [0.717, 1.165) is 11.3 Å². The maximum absolute atomic E-state index is 13.4. The van der Waals surface area contributed by atoms with Gasteiger partial charge in [0.1, 0.15) is 12.4 Å². The summed E-state index contributed by atoms with van der Waals surface area (Å²) in [4.78, 5) is 16.6. The first-order valence-corrected chi connectivity index (χ1v) is 8.76. The summed E-state index contributed by atoms with van der Waals surface area (Å²) < 4.78 is 24.4. The van der Waals surface area contributed by atoms with Gasteiger partial charge in [0, 0.05) is 16.6 Å². The summed E-state index contributed by atoms with van der Waals surface area (Å²) in [6.45, 7) is 2.11. The van der Waals surface area contributed by atoms with Gasteiger partial charge in [-0.05, 0) is 42.8 Å². The fraction of sp³-hybridized carbons (Fsp3) is 0.158. The van der Waals surface area contributed by atoms with E-state index in [1.807, 2.05) is 5.38 Å². The second-order valence-corrected chi connectivity index (χ2v) is 6.27. The quantitative estimate of drug-likeness (QED) is 0.695. The summed E-state index contributed by atoms with van der Waals surface area (Å²) in [7, 11) is 1.50. The summed E-state index contributed by atoms with van der Waals surface area (Å²) in [5.74, 6) is 0.181. The molecule has 1 heterocycles. The predicted octanol–water partition coefficient (Wildman–Crippen LogP) is 4.43. The fourth-order valence-corrected chi connectivity index (χ4v) is 2.86. The molecule has 7 heteroatoms. The number of hydrogen-bond acceptors (Lipinski definition) is 5. The van der Waals surface area contributed by atoms with E-state index < -0.39 is 5.82 Å². The molecule has 26 heavy (non-hydrogen) atoms. The molecule has 0 radical (unpaired) electrons. The first-order valence-electron chi connectivity index (χ1n) is 7.82. The van der Waals surface area contributed by atoms with Gasteiger partial charge in [0.15, 0.2) is 11.5 Å². The van der Waals surface area contributed by atoms with Crippen LogP contribution in [0.15, 0.2) is 47.3 Å². The highest BCUT2D eigenvalue weighted by Gasteiger charge is 2.13. The van der Waals surface area contributed by atoms with Crippen LogP contribution in [0.2, 0.25) is 0 Å². The Balaban J connectivity index is 1.75. The number of benzene rings is 2. The van der Waals surface area contributed by atoms with E-state index in [0.29, 0.717) is 29.4 Å². The fourth-order valence-electron chi connectivity index (χ4n) is 2.31. The van der Waals surface area contributed by atoms with Gasteiger partial charge in [-0.25, -0.2) is 9.37 Å². The number of rotatable bonds is 6. The van der Waals surface area contributed by atoms with E-state index in [1.54, 1.807) is 36.7 Å². The number of hydrogen-bond donors (Lipinski definition) is 1. The number of nitrogens with zero attached hydrogens (tertiary/aromatic N) is 1. The molecule has 0 aliphatic heterocycles. The van der Waals surface area contributed by atoms with Gasteiger partial charge in [0.2, 0.25) is 0 Å².